The number of esters is 1. The number of ketones is 1. The number of aromatic amines is 1. The van der Waals surface area contributed by atoms with Crippen molar-refractivity contribution in [2.24, 2.45) is 27.1 Å². The summed E-state index contributed by atoms with van der Waals surface area (Å²) in [5.41, 5.74) is 3.67. The van der Waals surface area contributed by atoms with Gasteiger partial charge in [0.05, 0.1) is 35.4 Å². The summed E-state index contributed by atoms with van der Waals surface area (Å²) < 4.78 is 15.2. The molecule has 1 aliphatic heterocycles. The topological polar surface area (TPSA) is 191 Å². The fourth-order valence-electron chi connectivity index (χ4n) is 7.67. The highest BCUT2D eigenvalue weighted by Gasteiger charge is 2.68. The van der Waals surface area contributed by atoms with Crippen molar-refractivity contribution in [2.75, 3.05) is 29.6 Å². The normalized spacial score (nSPS) is 18.3. The van der Waals surface area contributed by atoms with E-state index >= 15 is 0 Å². The second-order valence-electron chi connectivity index (χ2n) is 15.2. The van der Waals surface area contributed by atoms with Gasteiger partial charge in [0.15, 0.2) is 0 Å². The van der Waals surface area contributed by atoms with Crippen LogP contribution in [0.2, 0.25) is 0 Å². The van der Waals surface area contributed by atoms with Crippen LogP contribution in [0.3, 0.4) is 0 Å². The van der Waals surface area contributed by atoms with Crippen molar-refractivity contribution in [3.8, 4) is 0 Å². The van der Waals surface area contributed by atoms with Gasteiger partial charge in [0, 0.05) is 86.5 Å². The first kappa shape index (κ1) is 36.8. The van der Waals surface area contributed by atoms with E-state index in [9.17, 15) is 28.8 Å². The van der Waals surface area contributed by atoms with Gasteiger partial charge in [0.1, 0.15) is 17.0 Å². The maximum absolute atomic E-state index is 13.6. The van der Waals surface area contributed by atoms with Gasteiger partial charge >= 0.3 is 12.1 Å². The highest BCUT2D eigenvalue weighted by atomic mass is 16.6. The van der Waals surface area contributed by atoms with Crippen LogP contribution in [-0.4, -0.2) is 78.4 Å². The smallest absolute Gasteiger partial charge is 0.412 e. The van der Waals surface area contributed by atoms with Gasteiger partial charge in [-0.1, -0.05) is 0 Å². The molecule has 4 N–H and O–H groups in total. The molecule has 0 unspecified atom stereocenters. The summed E-state index contributed by atoms with van der Waals surface area (Å²) in [6.45, 7) is 7.40. The SMILES string of the molecule is COC(=O)c1c(C)[nH]c2c1[C@@]13C[C@@H]1CN(C(=O)/C=C/c1cc(NC(=O)c4cc(NC(=O)c5cc(NC(=O)OC(C)(C)C)cn5C)cn4C)cn1C)C3=CC2=O. The Morgan fingerprint density at radius 2 is 1.47 bits per heavy atom. The molecule has 2 fully saturated rings. The van der Waals surface area contributed by atoms with Gasteiger partial charge < -0.3 is 43.7 Å². The van der Waals surface area contributed by atoms with E-state index in [4.69, 9.17) is 9.47 Å². The number of H-pyrrole nitrogens is 1. The molecule has 0 bridgehead atoms. The first-order valence-corrected chi connectivity index (χ1v) is 17.6. The third kappa shape index (κ3) is 6.53. The number of nitrogens with zero attached hydrogens (tertiary/aromatic N) is 4. The molecule has 1 saturated carbocycles. The predicted molar refractivity (Wildman–Crippen MR) is 202 cm³/mol. The van der Waals surface area contributed by atoms with E-state index in [1.54, 1.807) is 104 Å². The lowest BCUT2D eigenvalue weighted by Gasteiger charge is -2.27. The fraction of sp³-hybridized carbons (Fsp3) is 0.333. The van der Waals surface area contributed by atoms with Crippen molar-refractivity contribution >= 4 is 58.7 Å². The van der Waals surface area contributed by atoms with Crippen LogP contribution in [0.5, 0.6) is 0 Å². The van der Waals surface area contributed by atoms with Crippen LogP contribution in [0.15, 0.2) is 54.6 Å². The number of aryl methyl sites for hydroxylation is 4. The van der Waals surface area contributed by atoms with Crippen molar-refractivity contribution in [3.63, 3.8) is 0 Å². The number of allylic oxidation sites excluding steroid dienone is 2. The zero-order chi connectivity index (χ0) is 39.7. The Morgan fingerprint density at radius 1 is 0.891 bits per heavy atom. The maximum atomic E-state index is 13.6. The number of carbonyl (C=O) groups excluding carboxylic acids is 6. The summed E-state index contributed by atoms with van der Waals surface area (Å²) in [6.07, 6.45) is 9.55. The number of nitrogens with one attached hydrogen (secondary N) is 4. The summed E-state index contributed by atoms with van der Waals surface area (Å²) in [6, 6.07) is 4.78. The molecule has 16 heteroatoms. The van der Waals surface area contributed by atoms with Crippen LogP contribution in [0, 0.1) is 12.8 Å². The van der Waals surface area contributed by atoms with Gasteiger partial charge in [-0.25, -0.2) is 9.59 Å². The van der Waals surface area contributed by atoms with Crippen LogP contribution in [0.1, 0.15) is 86.0 Å². The Kier molecular flexibility index (Phi) is 8.74. The number of aromatic nitrogens is 4. The molecule has 5 heterocycles. The number of fused-ring (bicyclic) bond motifs is 1. The Hall–Kier alpha value is -6.58. The molecule has 2 aliphatic carbocycles. The van der Waals surface area contributed by atoms with Gasteiger partial charge in [-0.05, 0) is 64.3 Å². The van der Waals surface area contributed by atoms with E-state index in [1.807, 2.05) is 0 Å². The zero-order valence-corrected chi connectivity index (χ0v) is 31.7. The van der Waals surface area contributed by atoms with Crippen molar-refractivity contribution < 1.29 is 38.2 Å². The van der Waals surface area contributed by atoms with Gasteiger partial charge in [0.2, 0.25) is 5.78 Å². The van der Waals surface area contributed by atoms with Crippen LogP contribution >= 0.6 is 0 Å². The largest absolute Gasteiger partial charge is 0.465 e. The molecule has 7 rings (SSSR count). The molecule has 0 radical (unpaired) electrons. The molecule has 4 aromatic rings. The molecule has 4 amide bonds. The summed E-state index contributed by atoms with van der Waals surface area (Å²) in [5, 5.41) is 8.27. The van der Waals surface area contributed by atoms with Gasteiger partial charge in [-0.15, -0.1) is 0 Å². The lowest BCUT2D eigenvalue weighted by molar-refractivity contribution is -0.123. The molecule has 55 heavy (non-hydrogen) atoms. The number of hydrogen-bond acceptors (Lipinski definition) is 8. The fourth-order valence-corrected chi connectivity index (χ4v) is 7.67. The highest BCUT2D eigenvalue weighted by molar-refractivity contribution is 6.12. The molecule has 2 atom stereocenters. The van der Waals surface area contributed by atoms with E-state index in [2.05, 4.69) is 20.9 Å². The summed E-state index contributed by atoms with van der Waals surface area (Å²) >= 11 is 0. The van der Waals surface area contributed by atoms with E-state index < -0.39 is 34.9 Å². The second kappa shape index (κ2) is 13.1. The first-order chi connectivity index (χ1) is 25.9. The Labute approximate surface area is 316 Å². The van der Waals surface area contributed by atoms with Crippen LogP contribution in [-0.2, 0) is 40.8 Å². The zero-order valence-electron chi connectivity index (χ0n) is 31.7. The number of methoxy groups -OCH3 is 1. The second-order valence-corrected chi connectivity index (χ2v) is 15.2. The summed E-state index contributed by atoms with van der Waals surface area (Å²) in [7, 11) is 6.43. The van der Waals surface area contributed by atoms with Crippen LogP contribution in [0.25, 0.3) is 6.08 Å². The predicted octanol–water partition coefficient (Wildman–Crippen LogP) is 4.87. The third-order valence-corrected chi connectivity index (χ3v) is 10.1. The number of likely N-dealkylation sites (tertiary alicyclic amines) is 1. The van der Waals surface area contributed by atoms with Crippen molar-refractivity contribution in [2.45, 2.75) is 45.1 Å². The quantitative estimate of drug-likeness (QED) is 0.145. The first-order valence-electron chi connectivity index (χ1n) is 17.6. The van der Waals surface area contributed by atoms with Crippen LogP contribution in [0.4, 0.5) is 21.9 Å². The van der Waals surface area contributed by atoms with Gasteiger partial charge in [-0.3, -0.25) is 24.5 Å². The number of carbonyl (C=O) groups is 6. The third-order valence-electron chi connectivity index (χ3n) is 10.1. The minimum atomic E-state index is -0.679. The average molecular weight is 751 g/mol. The number of amides is 4. The number of anilines is 3. The standard InChI is InChI=1S/C39H42N8O8/c1-20-31(36(52)54-8)32-33(40-20)28(48)14-29-39(32)15-21(39)16-47(29)30(49)10-9-25-11-22(17-44(25)5)41-34(50)26-12-23(18-45(26)6)42-35(51)27-13-24(19-46(27)7)43-37(53)55-38(2,3)4/h9-14,17-19,21,40H,15-16H2,1-8H3,(H,41,50)(H,42,51)(H,43,53)/b10-9+/t21-,39+/m1/s1. The average Bonchev–Trinajstić information content (AvgIpc) is 3.57. The van der Waals surface area contributed by atoms with E-state index in [-0.39, 0.29) is 29.0 Å². The lowest BCUT2D eigenvalue weighted by atomic mass is 9.82. The van der Waals surface area contributed by atoms with Crippen molar-refractivity contribution in [1.29, 1.82) is 0 Å². The molecule has 1 saturated heterocycles. The number of rotatable bonds is 8. The van der Waals surface area contributed by atoms with E-state index in [1.165, 1.54) is 25.3 Å². The molecule has 286 valence electrons. The molecule has 0 aromatic carbocycles. The van der Waals surface area contributed by atoms with Crippen molar-refractivity contribution in [1.82, 2.24) is 23.6 Å². The molecule has 3 aliphatic rings. The van der Waals surface area contributed by atoms with Crippen molar-refractivity contribution in [3.05, 3.63) is 94.2 Å². The Morgan fingerprint density at radius 3 is 2.07 bits per heavy atom. The minimum absolute atomic E-state index is 0.0730. The number of ether oxygens (including phenoxy) is 2. The highest BCUT2D eigenvalue weighted by Crippen LogP contribution is 2.67. The van der Waals surface area contributed by atoms with E-state index in [0.29, 0.717) is 57.5 Å². The van der Waals surface area contributed by atoms with Gasteiger partial charge in [-0.2, -0.15) is 0 Å². The summed E-state index contributed by atoms with van der Waals surface area (Å²) in [4.78, 5) is 82.8. The summed E-state index contributed by atoms with van der Waals surface area (Å²) in [5.74, 6) is -1.93. The number of hydrogen-bond donors (Lipinski definition) is 4. The molecule has 1 spiro atoms. The van der Waals surface area contributed by atoms with Crippen LogP contribution < -0.4 is 16.0 Å². The van der Waals surface area contributed by atoms with E-state index in [0.717, 1.165) is 6.42 Å². The molecule has 4 aromatic heterocycles. The Bertz CT molecular complexity index is 2400. The van der Waals surface area contributed by atoms with Gasteiger partial charge in [0.25, 0.3) is 17.7 Å². The molecular formula is C39H42N8O8. The molecular weight excluding hydrogens is 708 g/mol. The maximum Gasteiger partial charge on any atom is 0.412 e. The minimum Gasteiger partial charge on any atom is -0.465 e. The number of piperidine rings is 1. The monoisotopic (exact) mass is 750 g/mol. The lowest BCUT2D eigenvalue weighted by Crippen LogP contribution is -2.33. The Balaban J connectivity index is 0.996. The molecule has 16 nitrogen and oxygen atoms in total.